The predicted molar refractivity (Wildman–Crippen MR) is 57.1 cm³/mol. The van der Waals surface area contributed by atoms with Gasteiger partial charge in [-0.2, -0.15) is 0 Å². The van der Waals surface area contributed by atoms with E-state index in [1.165, 1.54) is 5.56 Å². The Bertz CT molecular complexity index is 256. The zero-order chi connectivity index (χ0) is 9.90. The summed E-state index contributed by atoms with van der Waals surface area (Å²) in [4.78, 5) is 4.32. The van der Waals surface area contributed by atoms with E-state index in [1.54, 1.807) is 0 Å². The molecule has 0 amide bonds. The molecule has 2 nitrogen and oxygen atoms in total. The molecule has 0 saturated carbocycles. The number of hydrogen-bond donors (Lipinski definition) is 1. The SMILES string of the molecule is CCNc1ccc(C(C)(C)C)cn1. The van der Waals surface area contributed by atoms with Gasteiger partial charge in [0.05, 0.1) is 0 Å². The molecule has 0 spiro atoms. The maximum Gasteiger partial charge on any atom is 0.125 e. The topological polar surface area (TPSA) is 24.9 Å². The third-order valence-corrected chi connectivity index (χ3v) is 1.99. The predicted octanol–water partition coefficient (Wildman–Crippen LogP) is 2.81. The maximum absolute atomic E-state index is 4.32. The van der Waals surface area contributed by atoms with Crippen molar-refractivity contribution in [2.75, 3.05) is 11.9 Å². The largest absolute Gasteiger partial charge is 0.370 e. The maximum atomic E-state index is 4.32. The fourth-order valence-corrected chi connectivity index (χ4v) is 1.12. The van der Waals surface area contributed by atoms with Crippen LogP contribution in [0.15, 0.2) is 18.3 Å². The molecule has 2 heteroatoms. The van der Waals surface area contributed by atoms with Crippen molar-refractivity contribution in [2.45, 2.75) is 33.1 Å². The Morgan fingerprint density at radius 2 is 2.00 bits per heavy atom. The second-order valence-electron chi connectivity index (χ2n) is 4.21. The molecule has 0 aromatic carbocycles. The van der Waals surface area contributed by atoms with E-state index in [0.717, 1.165) is 12.4 Å². The van der Waals surface area contributed by atoms with Gasteiger partial charge in [0.25, 0.3) is 0 Å². The van der Waals surface area contributed by atoms with Crippen molar-refractivity contribution in [3.63, 3.8) is 0 Å². The lowest BCUT2D eigenvalue weighted by molar-refractivity contribution is 0.587. The Labute approximate surface area is 80.4 Å². The van der Waals surface area contributed by atoms with Gasteiger partial charge in [0.1, 0.15) is 5.82 Å². The Kier molecular flexibility index (Phi) is 2.91. The van der Waals surface area contributed by atoms with E-state index in [9.17, 15) is 0 Å². The van der Waals surface area contributed by atoms with Gasteiger partial charge >= 0.3 is 0 Å². The van der Waals surface area contributed by atoms with Gasteiger partial charge in [-0.3, -0.25) is 0 Å². The number of rotatable bonds is 2. The third kappa shape index (κ3) is 2.72. The highest BCUT2D eigenvalue weighted by Gasteiger charge is 2.13. The first-order chi connectivity index (χ1) is 6.04. The van der Waals surface area contributed by atoms with E-state index in [1.807, 2.05) is 12.3 Å². The van der Waals surface area contributed by atoms with Crippen LogP contribution in [-0.4, -0.2) is 11.5 Å². The summed E-state index contributed by atoms with van der Waals surface area (Å²) in [6, 6.07) is 4.16. The third-order valence-electron chi connectivity index (χ3n) is 1.99. The molecule has 1 rings (SSSR count). The molecule has 0 aliphatic rings. The molecule has 0 aliphatic heterocycles. The highest BCUT2D eigenvalue weighted by molar-refractivity contribution is 5.36. The van der Waals surface area contributed by atoms with Crippen LogP contribution in [0, 0.1) is 0 Å². The Morgan fingerprint density at radius 1 is 1.31 bits per heavy atom. The van der Waals surface area contributed by atoms with Crippen molar-refractivity contribution in [1.82, 2.24) is 4.98 Å². The van der Waals surface area contributed by atoms with E-state index >= 15 is 0 Å². The smallest absolute Gasteiger partial charge is 0.125 e. The summed E-state index contributed by atoms with van der Waals surface area (Å²) in [5.74, 6) is 0.954. The van der Waals surface area contributed by atoms with Crippen molar-refractivity contribution in [3.8, 4) is 0 Å². The quantitative estimate of drug-likeness (QED) is 0.753. The molecule has 0 radical (unpaired) electrons. The van der Waals surface area contributed by atoms with Crippen LogP contribution in [0.2, 0.25) is 0 Å². The Balaban J connectivity index is 2.81. The summed E-state index contributed by atoms with van der Waals surface area (Å²) in [6.07, 6.45) is 1.94. The Hall–Kier alpha value is -1.05. The lowest BCUT2D eigenvalue weighted by Gasteiger charge is -2.18. The van der Waals surface area contributed by atoms with E-state index in [4.69, 9.17) is 0 Å². The molecule has 1 heterocycles. The van der Waals surface area contributed by atoms with Crippen LogP contribution in [0.1, 0.15) is 33.3 Å². The fourth-order valence-electron chi connectivity index (χ4n) is 1.12. The summed E-state index contributed by atoms with van der Waals surface area (Å²) in [5.41, 5.74) is 1.46. The van der Waals surface area contributed by atoms with Crippen LogP contribution >= 0.6 is 0 Å². The average molecular weight is 178 g/mol. The van der Waals surface area contributed by atoms with Crippen molar-refractivity contribution >= 4 is 5.82 Å². The van der Waals surface area contributed by atoms with Gasteiger partial charge in [0.2, 0.25) is 0 Å². The van der Waals surface area contributed by atoms with Gasteiger partial charge < -0.3 is 5.32 Å². The van der Waals surface area contributed by atoms with Crippen molar-refractivity contribution in [2.24, 2.45) is 0 Å². The highest BCUT2D eigenvalue weighted by Crippen LogP contribution is 2.21. The second-order valence-corrected chi connectivity index (χ2v) is 4.21. The number of nitrogens with one attached hydrogen (secondary N) is 1. The zero-order valence-electron chi connectivity index (χ0n) is 8.89. The van der Waals surface area contributed by atoms with Crippen LogP contribution in [0.3, 0.4) is 0 Å². The summed E-state index contributed by atoms with van der Waals surface area (Å²) in [7, 11) is 0. The molecule has 0 atom stereocenters. The molecule has 13 heavy (non-hydrogen) atoms. The first kappa shape index (κ1) is 10.0. The van der Waals surface area contributed by atoms with Gasteiger partial charge in [-0.25, -0.2) is 4.98 Å². The average Bonchev–Trinajstić information content (AvgIpc) is 2.04. The van der Waals surface area contributed by atoms with Crippen LogP contribution in [0.4, 0.5) is 5.82 Å². The normalized spacial score (nSPS) is 11.4. The molecule has 0 bridgehead atoms. The molecular weight excluding hydrogens is 160 g/mol. The van der Waals surface area contributed by atoms with Crippen molar-refractivity contribution in [1.29, 1.82) is 0 Å². The summed E-state index contributed by atoms with van der Waals surface area (Å²) >= 11 is 0. The van der Waals surface area contributed by atoms with Gasteiger partial charge in [0.15, 0.2) is 0 Å². The Morgan fingerprint density at radius 3 is 2.38 bits per heavy atom. The van der Waals surface area contributed by atoms with E-state index < -0.39 is 0 Å². The molecule has 0 saturated heterocycles. The molecule has 0 fully saturated rings. The molecule has 0 aliphatic carbocycles. The first-order valence-electron chi connectivity index (χ1n) is 4.74. The molecule has 0 unspecified atom stereocenters. The molecule has 72 valence electrons. The van der Waals surface area contributed by atoms with Gasteiger partial charge in [-0.1, -0.05) is 26.8 Å². The summed E-state index contributed by atoms with van der Waals surface area (Å²) in [6.45, 7) is 9.56. The summed E-state index contributed by atoms with van der Waals surface area (Å²) in [5, 5.41) is 3.18. The van der Waals surface area contributed by atoms with Gasteiger partial charge in [0, 0.05) is 12.7 Å². The minimum absolute atomic E-state index is 0.192. The van der Waals surface area contributed by atoms with Crippen LogP contribution in [0.25, 0.3) is 0 Å². The number of aromatic nitrogens is 1. The monoisotopic (exact) mass is 178 g/mol. The van der Waals surface area contributed by atoms with Crippen molar-refractivity contribution < 1.29 is 0 Å². The van der Waals surface area contributed by atoms with E-state index in [0.29, 0.717) is 0 Å². The molecule has 1 N–H and O–H groups in total. The standard InChI is InChI=1S/C11H18N2/c1-5-12-10-7-6-9(8-13-10)11(2,3)4/h6-8H,5H2,1-4H3,(H,12,13). The number of pyridine rings is 1. The van der Waals surface area contributed by atoms with Gasteiger partial charge in [-0.15, -0.1) is 0 Å². The number of nitrogens with zero attached hydrogens (tertiary/aromatic N) is 1. The lowest BCUT2D eigenvalue weighted by Crippen LogP contribution is -2.11. The number of hydrogen-bond acceptors (Lipinski definition) is 2. The van der Waals surface area contributed by atoms with Gasteiger partial charge in [-0.05, 0) is 24.0 Å². The van der Waals surface area contributed by atoms with E-state index in [-0.39, 0.29) is 5.41 Å². The summed E-state index contributed by atoms with van der Waals surface area (Å²) < 4.78 is 0. The fraction of sp³-hybridized carbons (Fsp3) is 0.545. The minimum Gasteiger partial charge on any atom is -0.370 e. The van der Waals surface area contributed by atoms with Crippen LogP contribution in [0.5, 0.6) is 0 Å². The zero-order valence-corrected chi connectivity index (χ0v) is 8.89. The minimum atomic E-state index is 0.192. The van der Waals surface area contributed by atoms with Crippen LogP contribution in [-0.2, 0) is 5.41 Å². The molecule has 1 aromatic heterocycles. The highest BCUT2D eigenvalue weighted by atomic mass is 15.0. The van der Waals surface area contributed by atoms with Crippen molar-refractivity contribution in [3.05, 3.63) is 23.9 Å². The lowest BCUT2D eigenvalue weighted by atomic mass is 9.88. The van der Waals surface area contributed by atoms with Crippen LogP contribution < -0.4 is 5.32 Å². The molecular formula is C11H18N2. The van der Waals surface area contributed by atoms with E-state index in [2.05, 4.69) is 44.1 Å². The first-order valence-corrected chi connectivity index (χ1v) is 4.74. The second kappa shape index (κ2) is 3.77. The number of anilines is 1. The molecule has 1 aromatic rings.